The Kier molecular flexibility index (Phi) is 5.55. The van der Waals surface area contributed by atoms with Crippen molar-refractivity contribution in [3.05, 3.63) is 106 Å². The van der Waals surface area contributed by atoms with E-state index < -0.39 is 0 Å². The molecule has 6 rings (SSSR count). The Bertz CT molecular complexity index is 1450. The molecule has 2 unspecified atom stereocenters. The van der Waals surface area contributed by atoms with Gasteiger partial charge in [0.2, 0.25) is 0 Å². The van der Waals surface area contributed by atoms with Crippen LogP contribution in [0.15, 0.2) is 72.8 Å². The Labute approximate surface area is 209 Å². The highest BCUT2D eigenvalue weighted by Gasteiger charge is 2.30. The van der Waals surface area contributed by atoms with E-state index in [0.717, 1.165) is 70.4 Å². The van der Waals surface area contributed by atoms with Gasteiger partial charge >= 0.3 is 0 Å². The van der Waals surface area contributed by atoms with Crippen LogP contribution >= 0.6 is 0 Å². The van der Waals surface area contributed by atoms with Crippen LogP contribution < -0.4 is 10.6 Å². The zero-order chi connectivity index (χ0) is 24.8. The van der Waals surface area contributed by atoms with E-state index in [0.29, 0.717) is 0 Å². The van der Waals surface area contributed by atoms with Crippen molar-refractivity contribution in [2.75, 3.05) is 13.1 Å². The lowest BCUT2D eigenvalue weighted by Gasteiger charge is -2.34. The van der Waals surface area contributed by atoms with Gasteiger partial charge in [-0.25, -0.2) is 0 Å². The summed E-state index contributed by atoms with van der Waals surface area (Å²) in [6.07, 6.45) is 1.51. The maximum atomic E-state index is 10.3. The van der Waals surface area contributed by atoms with E-state index in [4.69, 9.17) is 0 Å². The van der Waals surface area contributed by atoms with Gasteiger partial charge in [-0.05, 0) is 87.7 Å². The fourth-order valence-corrected chi connectivity index (χ4v) is 5.62. The number of fused-ring (bicyclic) bond motifs is 2. The number of aromatic hydroxyl groups is 4. The highest BCUT2D eigenvalue weighted by atomic mass is 16.3. The molecule has 2 atom stereocenters. The van der Waals surface area contributed by atoms with E-state index >= 15 is 0 Å². The highest BCUT2D eigenvalue weighted by molar-refractivity contribution is 5.67. The van der Waals surface area contributed by atoms with Gasteiger partial charge in [0.05, 0.1) is 12.1 Å². The number of hydrogen-bond acceptors (Lipinski definition) is 6. The third-order valence-electron chi connectivity index (χ3n) is 7.40. The minimum Gasteiger partial charge on any atom is -0.504 e. The Morgan fingerprint density at radius 1 is 0.500 bits per heavy atom. The van der Waals surface area contributed by atoms with Crippen LogP contribution in [0, 0.1) is 0 Å². The minimum absolute atomic E-state index is 0.104. The Hall–Kier alpha value is -4.00. The molecule has 0 saturated heterocycles. The lowest BCUT2D eigenvalue weighted by molar-refractivity contribution is 0.399. The summed E-state index contributed by atoms with van der Waals surface area (Å²) in [7, 11) is 0. The lowest BCUT2D eigenvalue weighted by Crippen LogP contribution is -2.35. The van der Waals surface area contributed by atoms with Gasteiger partial charge in [-0.3, -0.25) is 0 Å². The van der Waals surface area contributed by atoms with Crippen molar-refractivity contribution in [3.63, 3.8) is 0 Å². The lowest BCUT2D eigenvalue weighted by atomic mass is 9.81. The van der Waals surface area contributed by atoms with Crippen LogP contribution in [0.3, 0.4) is 0 Å². The van der Waals surface area contributed by atoms with Crippen molar-refractivity contribution in [1.29, 1.82) is 0 Å². The number of rotatable bonds is 3. The van der Waals surface area contributed by atoms with E-state index in [9.17, 15) is 20.4 Å². The van der Waals surface area contributed by atoms with Gasteiger partial charge in [0, 0.05) is 13.1 Å². The summed E-state index contributed by atoms with van der Waals surface area (Å²) >= 11 is 0. The molecule has 0 aromatic heterocycles. The van der Waals surface area contributed by atoms with Crippen LogP contribution in [-0.4, -0.2) is 33.5 Å². The zero-order valence-corrected chi connectivity index (χ0v) is 19.7. The molecule has 4 aromatic rings. The second-order valence-electron chi connectivity index (χ2n) is 9.56. The van der Waals surface area contributed by atoms with Gasteiger partial charge < -0.3 is 31.1 Å². The molecule has 0 aliphatic carbocycles. The summed E-state index contributed by atoms with van der Waals surface area (Å²) in [6.45, 7) is 1.48. The second-order valence-corrected chi connectivity index (χ2v) is 9.56. The summed E-state index contributed by atoms with van der Waals surface area (Å²) in [5.41, 5.74) is 8.18. The summed E-state index contributed by atoms with van der Waals surface area (Å²) in [4.78, 5) is 0. The van der Waals surface area contributed by atoms with Crippen molar-refractivity contribution in [3.8, 4) is 34.1 Å². The molecule has 0 saturated carbocycles. The van der Waals surface area contributed by atoms with Crippen LogP contribution in [-0.2, 0) is 12.8 Å². The maximum absolute atomic E-state index is 10.3. The van der Waals surface area contributed by atoms with Crippen molar-refractivity contribution in [1.82, 2.24) is 10.6 Å². The monoisotopic (exact) mass is 480 g/mol. The predicted molar refractivity (Wildman–Crippen MR) is 139 cm³/mol. The second kappa shape index (κ2) is 8.90. The quantitative estimate of drug-likeness (QED) is 0.239. The van der Waals surface area contributed by atoms with Crippen molar-refractivity contribution in [2.45, 2.75) is 24.9 Å². The smallest absolute Gasteiger partial charge is 0.157 e. The minimum atomic E-state index is -0.197. The van der Waals surface area contributed by atoms with Gasteiger partial charge in [0.1, 0.15) is 0 Å². The molecule has 0 spiro atoms. The molecule has 182 valence electrons. The van der Waals surface area contributed by atoms with E-state index in [-0.39, 0.29) is 35.1 Å². The largest absolute Gasteiger partial charge is 0.504 e. The van der Waals surface area contributed by atoms with E-state index in [1.165, 1.54) is 0 Å². The first-order valence-electron chi connectivity index (χ1n) is 12.2. The molecule has 2 aliphatic heterocycles. The topological polar surface area (TPSA) is 105 Å². The summed E-state index contributed by atoms with van der Waals surface area (Å²) in [5, 5.41) is 48.1. The van der Waals surface area contributed by atoms with Crippen molar-refractivity contribution >= 4 is 0 Å². The van der Waals surface area contributed by atoms with Gasteiger partial charge in [-0.2, -0.15) is 0 Å². The molecule has 36 heavy (non-hydrogen) atoms. The average molecular weight is 481 g/mol. The third kappa shape index (κ3) is 3.85. The molecular formula is C30H28N2O4. The third-order valence-corrected chi connectivity index (χ3v) is 7.40. The summed E-state index contributed by atoms with van der Waals surface area (Å²) in [6, 6.07) is 22.9. The number of nitrogens with one attached hydrogen (secondary N) is 2. The molecule has 6 heteroatoms. The highest BCUT2D eigenvalue weighted by Crippen LogP contribution is 2.43. The number of hydrogen-bond donors (Lipinski definition) is 6. The van der Waals surface area contributed by atoms with Crippen molar-refractivity contribution in [2.24, 2.45) is 0 Å². The van der Waals surface area contributed by atoms with Crippen LogP contribution in [0.25, 0.3) is 11.1 Å². The Balaban J connectivity index is 1.55. The van der Waals surface area contributed by atoms with Crippen LogP contribution in [0.5, 0.6) is 23.0 Å². The molecule has 0 bridgehead atoms. The zero-order valence-electron chi connectivity index (χ0n) is 19.7. The SMILES string of the molecule is Oc1cc2c(cc1O)C(c1ccc(-c3ccccc3)cc1C1NCCc3cc(O)c(O)cc31)NCC2. The molecular weight excluding hydrogens is 452 g/mol. The molecule has 6 N–H and O–H groups in total. The van der Waals surface area contributed by atoms with Gasteiger partial charge in [0.25, 0.3) is 0 Å². The number of phenols is 4. The summed E-state index contributed by atoms with van der Waals surface area (Å²) in [5.74, 6) is -0.478. The fourth-order valence-electron chi connectivity index (χ4n) is 5.62. The van der Waals surface area contributed by atoms with E-state index in [1.54, 1.807) is 24.3 Å². The molecule has 0 radical (unpaired) electrons. The molecule has 4 aromatic carbocycles. The predicted octanol–water partition coefficient (Wildman–Crippen LogP) is 4.65. The van der Waals surface area contributed by atoms with Gasteiger partial charge in [-0.15, -0.1) is 0 Å². The summed E-state index contributed by atoms with van der Waals surface area (Å²) < 4.78 is 0. The Morgan fingerprint density at radius 2 is 1.03 bits per heavy atom. The first-order chi connectivity index (χ1) is 17.5. The standard InChI is InChI=1S/C30H28N2O4/c33-25-13-19-8-10-31-29(22(19)15-27(25)35)21-7-6-18(17-4-2-1-3-5-17)12-24(21)30-23-16-28(36)26(34)14-20(23)9-11-32-30/h1-7,12-16,29-36H,8-11H2. The van der Waals surface area contributed by atoms with E-state index in [1.807, 2.05) is 18.2 Å². The van der Waals surface area contributed by atoms with Crippen molar-refractivity contribution < 1.29 is 20.4 Å². The molecule has 2 aliphatic rings. The first-order valence-corrected chi connectivity index (χ1v) is 12.2. The molecule has 0 fully saturated rings. The molecule has 6 nitrogen and oxygen atoms in total. The van der Waals surface area contributed by atoms with E-state index in [2.05, 4.69) is 41.0 Å². The normalized spacial score (nSPS) is 18.9. The fraction of sp³-hybridized carbons (Fsp3) is 0.200. The van der Waals surface area contributed by atoms with Crippen LogP contribution in [0.2, 0.25) is 0 Å². The number of benzene rings is 4. The molecule has 2 heterocycles. The molecule has 0 amide bonds. The average Bonchev–Trinajstić information content (AvgIpc) is 2.90. The van der Waals surface area contributed by atoms with Gasteiger partial charge in [-0.1, -0.05) is 42.5 Å². The first kappa shape index (κ1) is 22.5. The maximum Gasteiger partial charge on any atom is 0.157 e. The Morgan fingerprint density at radius 3 is 1.61 bits per heavy atom. The van der Waals surface area contributed by atoms with Crippen LogP contribution in [0.4, 0.5) is 0 Å². The number of phenolic OH excluding ortho intramolecular Hbond substituents is 4. The van der Waals surface area contributed by atoms with Crippen LogP contribution in [0.1, 0.15) is 45.5 Å². The van der Waals surface area contributed by atoms with Gasteiger partial charge in [0.15, 0.2) is 23.0 Å².